The smallest absolute Gasteiger partial charge is 0.255 e. The molecular weight excluding hydrogens is 392 g/mol. The van der Waals surface area contributed by atoms with Crippen LogP contribution in [0.4, 0.5) is 5.69 Å². The summed E-state index contributed by atoms with van der Waals surface area (Å²) in [5, 5.41) is 2.96. The van der Waals surface area contributed by atoms with E-state index in [0.717, 1.165) is 17.7 Å². The molecule has 1 heterocycles. The van der Waals surface area contributed by atoms with Crippen LogP contribution in [-0.2, 0) is 10.0 Å². The van der Waals surface area contributed by atoms with Crippen LogP contribution < -0.4 is 5.32 Å². The summed E-state index contributed by atoms with van der Waals surface area (Å²) in [4.78, 5) is 13.5. The maximum atomic E-state index is 12.8. The zero-order chi connectivity index (χ0) is 18.7. The molecule has 1 saturated heterocycles. The van der Waals surface area contributed by atoms with E-state index in [1.165, 1.54) is 34.3 Å². The number of thioether (sulfide) groups is 1. The maximum Gasteiger partial charge on any atom is 0.255 e. The lowest BCUT2D eigenvalue weighted by molar-refractivity contribution is 0.102. The van der Waals surface area contributed by atoms with Crippen molar-refractivity contribution in [3.05, 3.63) is 53.1 Å². The Labute approximate surface area is 162 Å². The van der Waals surface area contributed by atoms with Crippen molar-refractivity contribution in [2.45, 2.75) is 22.6 Å². The molecular formula is C18H19ClN2O3S2. The van der Waals surface area contributed by atoms with Crippen molar-refractivity contribution >= 4 is 45.0 Å². The van der Waals surface area contributed by atoms with E-state index in [1.54, 1.807) is 0 Å². The molecule has 1 aliphatic rings. The number of nitrogens with one attached hydrogen (secondary N) is 1. The molecule has 5 nitrogen and oxygen atoms in total. The van der Waals surface area contributed by atoms with Crippen molar-refractivity contribution in [3.8, 4) is 0 Å². The lowest BCUT2D eigenvalue weighted by atomic mass is 10.2. The molecule has 1 N–H and O–H groups in total. The second-order valence-corrected chi connectivity index (χ2v) is 9.07. The fourth-order valence-electron chi connectivity index (χ4n) is 2.85. The first-order valence-electron chi connectivity index (χ1n) is 8.17. The average Bonchev–Trinajstić information content (AvgIpc) is 3.18. The van der Waals surface area contributed by atoms with Gasteiger partial charge in [0, 0.05) is 23.5 Å². The molecule has 0 aliphatic carbocycles. The SMILES string of the molecule is CSc1ccccc1NC(=O)c1ccc(Cl)c(S(=O)(=O)N2CCCC2)c1. The normalized spacial score (nSPS) is 15.2. The summed E-state index contributed by atoms with van der Waals surface area (Å²) in [6.45, 7) is 0.965. The van der Waals surface area contributed by atoms with Gasteiger partial charge in [-0.3, -0.25) is 4.79 Å². The summed E-state index contributed by atoms with van der Waals surface area (Å²) >= 11 is 7.65. The maximum absolute atomic E-state index is 12.8. The summed E-state index contributed by atoms with van der Waals surface area (Å²) in [7, 11) is -3.69. The van der Waals surface area contributed by atoms with Crippen LogP contribution >= 0.6 is 23.4 Å². The van der Waals surface area contributed by atoms with Crippen molar-refractivity contribution < 1.29 is 13.2 Å². The van der Waals surface area contributed by atoms with Gasteiger partial charge in [-0.1, -0.05) is 23.7 Å². The molecule has 1 aliphatic heterocycles. The second-order valence-electron chi connectivity index (χ2n) is 5.91. The van der Waals surface area contributed by atoms with E-state index in [0.29, 0.717) is 18.8 Å². The number of carbonyl (C=O) groups excluding carboxylic acids is 1. The van der Waals surface area contributed by atoms with Crippen LogP contribution in [0.15, 0.2) is 52.3 Å². The van der Waals surface area contributed by atoms with Crippen LogP contribution in [0, 0.1) is 0 Å². The minimum absolute atomic E-state index is 0.0214. The monoisotopic (exact) mass is 410 g/mol. The van der Waals surface area contributed by atoms with E-state index < -0.39 is 10.0 Å². The number of sulfonamides is 1. The molecule has 1 amide bonds. The van der Waals surface area contributed by atoms with Gasteiger partial charge in [-0.05, 0) is 49.4 Å². The van der Waals surface area contributed by atoms with Crippen LogP contribution in [0.5, 0.6) is 0 Å². The summed E-state index contributed by atoms with van der Waals surface area (Å²) in [5.74, 6) is -0.374. The van der Waals surface area contributed by atoms with E-state index in [1.807, 2.05) is 30.5 Å². The van der Waals surface area contributed by atoms with Gasteiger partial charge in [-0.25, -0.2) is 8.42 Å². The molecule has 0 bridgehead atoms. The van der Waals surface area contributed by atoms with Gasteiger partial charge in [0.1, 0.15) is 4.90 Å². The molecule has 8 heteroatoms. The Kier molecular flexibility index (Phi) is 5.92. The minimum atomic E-state index is -3.69. The fourth-order valence-corrected chi connectivity index (χ4v) is 5.42. The number of para-hydroxylation sites is 1. The topological polar surface area (TPSA) is 66.5 Å². The molecule has 2 aromatic carbocycles. The molecule has 0 spiro atoms. The van der Waals surface area contributed by atoms with Gasteiger partial charge in [0.2, 0.25) is 10.0 Å². The van der Waals surface area contributed by atoms with E-state index in [-0.39, 0.29) is 21.4 Å². The third kappa shape index (κ3) is 3.91. The lowest BCUT2D eigenvalue weighted by Crippen LogP contribution is -2.28. The molecule has 3 rings (SSSR count). The first kappa shape index (κ1) is 19.2. The van der Waals surface area contributed by atoms with Crippen molar-refractivity contribution in [1.82, 2.24) is 4.31 Å². The highest BCUT2D eigenvalue weighted by atomic mass is 35.5. The van der Waals surface area contributed by atoms with Crippen LogP contribution in [0.25, 0.3) is 0 Å². The largest absolute Gasteiger partial charge is 0.321 e. The first-order valence-corrected chi connectivity index (χ1v) is 11.2. The van der Waals surface area contributed by atoms with Gasteiger partial charge >= 0.3 is 0 Å². The highest BCUT2D eigenvalue weighted by molar-refractivity contribution is 7.98. The van der Waals surface area contributed by atoms with Gasteiger partial charge in [0.25, 0.3) is 5.91 Å². The molecule has 0 atom stereocenters. The van der Waals surface area contributed by atoms with Gasteiger partial charge in [0.05, 0.1) is 10.7 Å². The molecule has 2 aromatic rings. The van der Waals surface area contributed by atoms with Gasteiger partial charge in [-0.15, -0.1) is 11.8 Å². The molecule has 0 aromatic heterocycles. The predicted molar refractivity (Wildman–Crippen MR) is 106 cm³/mol. The molecule has 138 valence electrons. The Bertz CT molecular complexity index is 926. The highest BCUT2D eigenvalue weighted by Crippen LogP contribution is 2.29. The number of carbonyl (C=O) groups is 1. The summed E-state index contributed by atoms with van der Waals surface area (Å²) in [6, 6.07) is 11.8. The molecule has 0 unspecified atom stereocenters. The molecule has 1 fully saturated rings. The van der Waals surface area contributed by atoms with E-state index in [9.17, 15) is 13.2 Å². The van der Waals surface area contributed by atoms with Crippen molar-refractivity contribution in [1.29, 1.82) is 0 Å². The van der Waals surface area contributed by atoms with E-state index in [4.69, 9.17) is 11.6 Å². The standard InChI is InChI=1S/C18H19ClN2O3S2/c1-25-16-7-3-2-6-15(16)20-18(22)13-8-9-14(19)17(12-13)26(23,24)21-10-4-5-11-21/h2-3,6-9,12H,4-5,10-11H2,1H3,(H,20,22). The summed E-state index contributed by atoms with van der Waals surface area (Å²) in [5.41, 5.74) is 0.937. The number of hydrogen-bond donors (Lipinski definition) is 1. The van der Waals surface area contributed by atoms with Crippen molar-refractivity contribution in [2.24, 2.45) is 0 Å². The fraction of sp³-hybridized carbons (Fsp3) is 0.278. The number of nitrogens with zero attached hydrogens (tertiary/aromatic N) is 1. The zero-order valence-electron chi connectivity index (χ0n) is 14.2. The number of amides is 1. The third-order valence-electron chi connectivity index (χ3n) is 4.23. The van der Waals surface area contributed by atoms with E-state index in [2.05, 4.69) is 5.32 Å². The lowest BCUT2D eigenvalue weighted by Gasteiger charge is -2.17. The number of hydrogen-bond acceptors (Lipinski definition) is 4. The van der Waals surface area contributed by atoms with Gasteiger partial charge < -0.3 is 5.32 Å². The second kappa shape index (κ2) is 8.00. The average molecular weight is 411 g/mol. The quantitative estimate of drug-likeness (QED) is 0.753. The number of halogens is 1. The van der Waals surface area contributed by atoms with Crippen LogP contribution in [0.1, 0.15) is 23.2 Å². The third-order valence-corrected chi connectivity index (χ3v) is 7.41. The van der Waals surface area contributed by atoms with Crippen LogP contribution in [-0.4, -0.2) is 38.0 Å². The molecule has 0 saturated carbocycles. The van der Waals surface area contributed by atoms with Crippen molar-refractivity contribution in [2.75, 3.05) is 24.7 Å². The summed E-state index contributed by atoms with van der Waals surface area (Å²) in [6.07, 6.45) is 3.60. The number of benzene rings is 2. The van der Waals surface area contributed by atoms with E-state index >= 15 is 0 Å². The Morgan fingerprint density at radius 2 is 1.85 bits per heavy atom. The summed E-state index contributed by atoms with van der Waals surface area (Å²) < 4.78 is 27.0. The van der Waals surface area contributed by atoms with Gasteiger partial charge in [0.15, 0.2) is 0 Å². The highest BCUT2D eigenvalue weighted by Gasteiger charge is 2.29. The number of rotatable bonds is 5. The predicted octanol–water partition coefficient (Wildman–Crippen LogP) is 4.10. The van der Waals surface area contributed by atoms with Gasteiger partial charge in [-0.2, -0.15) is 4.31 Å². The van der Waals surface area contributed by atoms with Crippen LogP contribution in [0.2, 0.25) is 5.02 Å². The Hall–Kier alpha value is -1.54. The Balaban J connectivity index is 1.90. The zero-order valence-corrected chi connectivity index (χ0v) is 16.6. The minimum Gasteiger partial charge on any atom is -0.321 e. The number of anilines is 1. The molecule has 26 heavy (non-hydrogen) atoms. The van der Waals surface area contributed by atoms with Crippen LogP contribution in [0.3, 0.4) is 0 Å². The first-order chi connectivity index (χ1) is 12.4. The van der Waals surface area contributed by atoms with Crippen molar-refractivity contribution in [3.63, 3.8) is 0 Å². The molecule has 0 radical (unpaired) electrons. The Morgan fingerprint density at radius 3 is 2.54 bits per heavy atom. The Morgan fingerprint density at radius 1 is 1.15 bits per heavy atom.